The number of fused-ring (bicyclic) bond motifs is 1. The van der Waals surface area contributed by atoms with Gasteiger partial charge in [0.1, 0.15) is 6.61 Å². The molecule has 1 aliphatic heterocycles. The van der Waals surface area contributed by atoms with Gasteiger partial charge in [0.25, 0.3) is 0 Å². The van der Waals surface area contributed by atoms with E-state index in [1.54, 1.807) is 28.9 Å². The number of anilines is 3. The highest BCUT2D eigenvalue weighted by atomic mass is 16.6. The lowest BCUT2D eigenvalue weighted by molar-refractivity contribution is -0.121. The molecule has 103 heavy (non-hydrogen) atoms. The SMILES string of the molecule is CCC(=O)N(c1ccc(/N=N/c2ccc(NC(=O)CCOCCOCCOCCOCCOCCOCCOCCOCCOCCOCCOCCOCCn3cc(CCC(=O)NCc4ccc(COc5nc(N)nc6[nH]cnc56)cc4)nn3)cc2)cc1)C1CCN(CCc2ccccc2)CC1. The number of H-pyrrole nitrogens is 1. The summed E-state index contributed by atoms with van der Waals surface area (Å²) in [7, 11) is 0. The fourth-order valence-corrected chi connectivity index (χ4v) is 10.5. The Hall–Kier alpha value is -8.34. The number of hydrogen-bond donors (Lipinski definition) is 4. The van der Waals surface area contributed by atoms with Crippen molar-refractivity contribution in [2.24, 2.45) is 10.2 Å². The minimum atomic E-state index is -0.160. The molecule has 8 rings (SSSR count). The highest BCUT2D eigenvalue weighted by molar-refractivity contribution is 5.94. The Morgan fingerprint density at radius 3 is 1.59 bits per heavy atom. The molecule has 0 spiro atoms. The molecule has 7 aromatic rings. The van der Waals surface area contributed by atoms with Crippen molar-refractivity contribution in [2.45, 2.75) is 77.6 Å². The van der Waals surface area contributed by atoms with Gasteiger partial charge in [0, 0.05) is 69.1 Å². The topological polar surface area (TPSA) is 338 Å². The van der Waals surface area contributed by atoms with Gasteiger partial charge < -0.3 is 92.7 Å². The number of ether oxygens (including phenoxy) is 13. The average molecular weight is 1430 g/mol. The maximum Gasteiger partial charge on any atom is 0.247 e. The van der Waals surface area contributed by atoms with Crippen molar-refractivity contribution < 1.29 is 76.0 Å². The number of nitrogens with two attached hydrogens (primary N) is 1. The summed E-state index contributed by atoms with van der Waals surface area (Å²) < 4.78 is 74.4. The summed E-state index contributed by atoms with van der Waals surface area (Å²) in [5.74, 6) is 0.289. The number of nitrogens with one attached hydrogen (secondary N) is 3. The fourth-order valence-electron chi connectivity index (χ4n) is 10.5. The molecule has 4 aromatic carbocycles. The van der Waals surface area contributed by atoms with E-state index in [0.29, 0.717) is 212 Å². The van der Waals surface area contributed by atoms with E-state index in [1.165, 1.54) is 11.9 Å². The Bertz CT molecular complexity index is 3460. The number of hydrogen-bond acceptors (Lipinski definition) is 25. The first-order valence-corrected chi connectivity index (χ1v) is 35.5. The first-order valence-electron chi connectivity index (χ1n) is 35.5. The molecule has 3 aromatic heterocycles. The van der Waals surface area contributed by atoms with Crippen LogP contribution in [0.25, 0.3) is 11.2 Å². The van der Waals surface area contributed by atoms with Gasteiger partial charge in [-0.25, -0.2) is 9.67 Å². The van der Waals surface area contributed by atoms with Crippen molar-refractivity contribution in [1.29, 1.82) is 0 Å². The lowest BCUT2D eigenvalue weighted by Crippen LogP contribution is -2.47. The minimum absolute atomic E-state index is 0.0807. The third kappa shape index (κ3) is 32.9. The molecule has 30 nitrogen and oxygen atoms in total. The van der Waals surface area contributed by atoms with Gasteiger partial charge in [-0.1, -0.05) is 66.7 Å². The van der Waals surface area contributed by atoms with Gasteiger partial charge in [-0.05, 0) is 84.5 Å². The molecule has 0 saturated carbocycles. The number of carbonyl (C=O) groups excluding carboxylic acids is 3. The lowest BCUT2D eigenvalue weighted by atomic mass is 10.0. The summed E-state index contributed by atoms with van der Waals surface area (Å²) in [5, 5.41) is 23.0. The number of nitrogens with zero attached hydrogens (tertiary/aromatic N) is 10. The van der Waals surface area contributed by atoms with Crippen LogP contribution in [0.5, 0.6) is 5.88 Å². The summed E-state index contributed by atoms with van der Waals surface area (Å²) in [6.45, 7) is 16.6. The Balaban J connectivity index is 0.489. The van der Waals surface area contributed by atoms with Crippen molar-refractivity contribution in [3.8, 4) is 5.88 Å². The van der Waals surface area contributed by atoms with Crippen molar-refractivity contribution in [2.75, 3.05) is 194 Å². The van der Waals surface area contributed by atoms with Crippen LogP contribution in [0.4, 0.5) is 28.7 Å². The summed E-state index contributed by atoms with van der Waals surface area (Å²) in [5.41, 5.74) is 13.6. The molecule has 3 amide bonds. The van der Waals surface area contributed by atoms with Gasteiger partial charge >= 0.3 is 0 Å². The largest absolute Gasteiger partial charge is 0.471 e. The Morgan fingerprint density at radius 2 is 1.06 bits per heavy atom. The predicted octanol–water partition coefficient (Wildman–Crippen LogP) is 7.45. The van der Waals surface area contributed by atoms with Gasteiger partial charge in [0.05, 0.1) is 195 Å². The fraction of sp³-hybridized carbons (Fsp3) is 0.534. The summed E-state index contributed by atoms with van der Waals surface area (Å²) in [6, 6.07) is 33.3. The second-order valence-electron chi connectivity index (χ2n) is 23.7. The van der Waals surface area contributed by atoms with Crippen molar-refractivity contribution >= 4 is 57.6 Å². The molecule has 560 valence electrons. The molecule has 1 fully saturated rings. The number of aromatic nitrogens is 7. The number of amides is 3. The maximum atomic E-state index is 13.2. The predicted molar refractivity (Wildman–Crippen MR) is 385 cm³/mol. The van der Waals surface area contributed by atoms with E-state index in [1.807, 2.05) is 72.6 Å². The standard InChI is InChI=1S/C73H102N14O16/c1-2-69(90)87(66-23-27-85(28-24-66)26-22-58-6-4-3-5-7-58)65-19-16-63(17-20-65)82-81-62-14-12-61(13-15-62)78-68(89)25-30-91-32-34-93-36-38-95-40-42-97-44-46-99-48-50-101-52-53-102-51-49-100-47-45-98-43-41-96-39-37-94-35-33-92-31-29-86-55-64(83-84-86)18-21-67(88)75-54-59-8-10-60(11-9-59)56-103-72-70-71(77-57-76-70)79-73(74)80-72/h3-17,19-20,55,57,66H,2,18,21-54,56H2,1H3,(H,75,88)(H,78,89)(H3,74,76,77,79,80)/b82-81+. The number of nitrogen functional groups attached to an aromatic ring is 1. The van der Waals surface area contributed by atoms with Crippen LogP contribution in [0.15, 0.2) is 126 Å². The third-order valence-electron chi connectivity index (χ3n) is 16.0. The van der Waals surface area contributed by atoms with Crippen LogP contribution in [0, 0.1) is 0 Å². The zero-order valence-corrected chi connectivity index (χ0v) is 59.3. The molecular formula is C73H102N14O16. The first kappa shape index (κ1) is 80.3. The summed E-state index contributed by atoms with van der Waals surface area (Å²) in [6.07, 6.45) is 7.65. The van der Waals surface area contributed by atoms with Crippen LogP contribution in [-0.4, -0.2) is 242 Å². The van der Waals surface area contributed by atoms with Crippen LogP contribution in [0.1, 0.15) is 61.4 Å². The van der Waals surface area contributed by atoms with E-state index in [9.17, 15) is 14.4 Å². The molecule has 0 radical (unpaired) electrons. The molecule has 0 bridgehead atoms. The molecule has 0 atom stereocenters. The number of imidazole rings is 1. The van der Waals surface area contributed by atoms with E-state index in [0.717, 1.165) is 61.4 Å². The number of azo groups is 1. The number of carbonyl (C=O) groups is 3. The highest BCUT2D eigenvalue weighted by Crippen LogP contribution is 2.29. The van der Waals surface area contributed by atoms with Gasteiger partial charge in [-0.15, -0.1) is 5.10 Å². The van der Waals surface area contributed by atoms with Crippen molar-refractivity contribution in [1.82, 2.24) is 45.1 Å². The van der Waals surface area contributed by atoms with Crippen LogP contribution < -0.4 is 26.0 Å². The number of aromatic amines is 1. The van der Waals surface area contributed by atoms with Crippen LogP contribution in [-0.2, 0) is 104 Å². The number of aryl methyl sites for hydroxylation is 1. The van der Waals surface area contributed by atoms with Crippen molar-refractivity contribution in [3.05, 3.63) is 138 Å². The van der Waals surface area contributed by atoms with Gasteiger partial charge in [-0.3, -0.25) is 14.4 Å². The lowest BCUT2D eigenvalue weighted by Gasteiger charge is -2.38. The minimum Gasteiger partial charge on any atom is -0.471 e. The zero-order valence-electron chi connectivity index (χ0n) is 59.3. The van der Waals surface area contributed by atoms with E-state index in [-0.39, 0.29) is 55.8 Å². The smallest absolute Gasteiger partial charge is 0.247 e. The molecule has 0 aliphatic carbocycles. The van der Waals surface area contributed by atoms with Gasteiger partial charge in [0.2, 0.25) is 29.5 Å². The quantitative estimate of drug-likeness (QED) is 0.0212. The second-order valence-corrected chi connectivity index (χ2v) is 23.7. The van der Waals surface area contributed by atoms with E-state index >= 15 is 0 Å². The summed E-state index contributed by atoms with van der Waals surface area (Å²) in [4.78, 5) is 58.0. The third-order valence-corrected chi connectivity index (χ3v) is 16.0. The highest BCUT2D eigenvalue weighted by Gasteiger charge is 2.28. The molecule has 1 aliphatic rings. The number of benzene rings is 4. The van der Waals surface area contributed by atoms with Crippen molar-refractivity contribution in [3.63, 3.8) is 0 Å². The van der Waals surface area contributed by atoms with E-state index < -0.39 is 0 Å². The Morgan fingerprint density at radius 1 is 0.553 bits per heavy atom. The maximum absolute atomic E-state index is 13.2. The molecule has 30 heteroatoms. The molecule has 5 N–H and O–H groups in total. The van der Waals surface area contributed by atoms with Gasteiger partial charge in [0.15, 0.2) is 11.2 Å². The monoisotopic (exact) mass is 1430 g/mol. The van der Waals surface area contributed by atoms with E-state index in [4.69, 9.17) is 67.3 Å². The summed E-state index contributed by atoms with van der Waals surface area (Å²) >= 11 is 0. The Labute approximate surface area is 602 Å². The van der Waals surface area contributed by atoms with Gasteiger partial charge in [-0.2, -0.15) is 20.2 Å². The average Bonchev–Trinajstić information content (AvgIpc) is 1.78. The number of piperidine rings is 1. The van der Waals surface area contributed by atoms with Crippen LogP contribution in [0.2, 0.25) is 0 Å². The first-order chi connectivity index (χ1) is 50.7. The molecule has 0 unspecified atom stereocenters. The van der Waals surface area contributed by atoms with Crippen LogP contribution in [0.3, 0.4) is 0 Å². The number of likely N-dealkylation sites (tertiary alicyclic amines) is 1. The Kier molecular flexibility index (Phi) is 38.5. The van der Waals surface area contributed by atoms with Crippen LogP contribution >= 0.6 is 0 Å². The normalized spacial score (nSPS) is 12.8. The molecular weight excluding hydrogens is 1330 g/mol. The number of rotatable bonds is 56. The zero-order chi connectivity index (χ0) is 71.8. The van der Waals surface area contributed by atoms with E-state index in [2.05, 4.69) is 80.3 Å². The molecule has 4 heterocycles. The molecule has 1 saturated heterocycles. The second kappa shape index (κ2) is 49.3.